The molecule has 1 rings (SSSR count). The van der Waals surface area contributed by atoms with Gasteiger partial charge < -0.3 is 10.2 Å². The van der Waals surface area contributed by atoms with Crippen molar-refractivity contribution in [3.63, 3.8) is 0 Å². The van der Waals surface area contributed by atoms with E-state index in [0.717, 1.165) is 25.7 Å². The second kappa shape index (κ2) is 23.2. The zero-order chi connectivity index (χ0) is 19.8. The van der Waals surface area contributed by atoms with Gasteiger partial charge in [0.1, 0.15) is 0 Å². The summed E-state index contributed by atoms with van der Waals surface area (Å²) in [6.45, 7) is 2.97. The predicted octanol–water partition coefficient (Wildman–Crippen LogP) is 7.07. The first-order chi connectivity index (χ1) is 13.3. The lowest BCUT2D eigenvalue weighted by atomic mass is 10.1. The number of unbranched alkanes of at least 4 members (excludes halogenated alkanes) is 13. The molecule has 0 amide bonds. The second-order valence-corrected chi connectivity index (χ2v) is 7.63. The van der Waals surface area contributed by atoms with Crippen LogP contribution in [0.2, 0.25) is 0 Å². The lowest BCUT2D eigenvalue weighted by Crippen LogP contribution is -1.87. The smallest absolute Gasteiger partial charge is 0.0431 e. The number of aliphatic hydroxyl groups is 2. The van der Waals surface area contributed by atoms with Gasteiger partial charge in [-0.3, -0.25) is 0 Å². The van der Waals surface area contributed by atoms with Gasteiger partial charge in [0.25, 0.3) is 0 Å². The van der Waals surface area contributed by atoms with Gasteiger partial charge in [0.05, 0.1) is 0 Å². The fourth-order valence-electron chi connectivity index (χ4n) is 3.22. The molecule has 0 radical (unpaired) electrons. The van der Waals surface area contributed by atoms with Crippen LogP contribution in [0.3, 0.4) is 0 Å². The Labute approximate surface area is 169 Å². The molecule has 0 unspecified atom stereocenters. The average molecular weight is 379 g/mol. The van der Waals surface area contributed by atoms with Gasteiger partial charge in [0.15, 0.2) is 0 Å². The lowest BCUT2D eigenvalue weighted by Gasteiger charge is -2.01. The average Bonchev–Trinajstić information content (AvgIpc) is 2.71. The van der Waals surface area contributed by atoms with Crippen LogP contribution in [0.1, 0.15) is 109 Å². The summed E-state index contributed by atoms with van der Waals surface area (Å²) in [7, 11) is 0. The molecule has 2 heteroatoms. The van der Waals surface area contributed by atoms with Gasteiger partial charge in [-0.2, -0.15) is 0 Å². The van der Waals surface area contributed by atoms with Gasteiger partial charge in [-0.1, -0.05) is 114 Å². The normalized spacial score (nSPS) is 10.5. The maximum atomic E-state index is 8.61. The maximum absolute atomic E-state index is 8.61. The Morgan fingerprint density at radius 1 is 0.519 bits per heavy atom. The van der Waals surface area contributed by atoms with E-state index in [1.807, 2.05) is 6.07 Å². The molecule has 0 aromatic heterocycles. The molecule has 0 spiro atoms. The first-order valence-electron chi connectivity index (χ1n) is 11.6. The Morgan fingerprint density at radius 3 is 1.37 bits per heavy atom. The van der Waals surface area contributed by atoms with Crippen molar-refractivity contribution in [2.24, 2.45) is 0 Å². The molecule has 2 N–H and O–H groups in total. The standard InChI is InChI=1S/C14H30O.C11H16O/c1-2-3-4-5-6-7-8-9-10-11-12-13-14-15;12-10-6-2-5-9-11-7-3-1-4-8-11/h15H,2-14H2,1H3;1,3-4,7-8,12H,2,5-6,9-10H2. The zero-order valence-electron chi connectivity index (χ0n) is 18.0. The van der Waals surface area contributed by atoms with E-state index in [0.29, 0.717) is 13.2 Å². The minimum Gasteiger partial charge on any atom is -0.396 e. The molecular weight excluding hydrogens is 332 g/mol. The van der Waals surface area contributed by atoms with Gasteiger partial charge in [0, 0.05) is 13.2 Å². The van der Waals surface area contributed by atoms with E-state index in [-0.39, 0.29) is 0 Å². The van der Waals surface area contributed by atoms with Gasteiger partial charge >= 0.3 is 0 Å². The van der Waals surface area contributed by atoms with Crippen LogP contribution in [0.15, 0.2) is 30.3 Å². The predicted molar refractivity (Wildman–Crippen MR) is 119 cm³/mol. The monoisotopic (exact) mass is 378 g/mol. The summed E-state index contributed by atoms with van der Waals surface area (Å²) < 4.78 is 0. The van der Waals surface area contributed by atoms with E-state index < -0.39 is 0 Å². The topological polar surface area (TPSA) is 40.5 Å². The third-order valence-electron chi connectivity index (χ3n) is 4.98. The van der Waals surface area contributed by atoms with E-state index in [4.69, 9.17) is 10.2 Å². The molecule has 1 aromatic carbocycles. The number of rotatable bonds is 17. The molecule has 0 saturated carbocycles. The van der Waals surface area contributed by atoms with Crippen LogP contribution in [-0.2, 0) is 6.42 Å². The molecule has 2 nitrogen and oxygen atoms in total. The van der Waals surface area contributed by atoms with Crippen molar-refractivity contribution < 1.29 is 10.2 Å². The Hall–Kier alpha value is -0.860. The van der Waals surface area contributed by atoms with E-state index >= 15 is 0 Å². The summed E-state index contributed by atoms with van der Waals surface area (Å²) in [5.74, 6) is 0. The number of hydrogen-bond acceptors (Lipinski definition) is 2. The summed E-state index contributed by atoms with van der Waals surface area (Å²) in [6, 6.07) is 10.5. The minimum absolute atomic E-state index is 0.328. The van der Waals surface area contributed by atoms with Crippen molar-refractivity contribution in [2.45, 2.75) is 110 Å². The minimum atomic E-state index is 0.328. The highest BCUT2D eigenvalue weighted by atomic mass is 16.3. The quantitative estimate of drug-likeness (QED) is 0.284. The van der Waals surface area contributed by atoms with Crippen molar-refractivity contribution >= 4 is 0 Å². The Balaban J connectivity index is 0.000000511. The number of benzene rings is 1. The van der Waals surface area contributed by atoms with Crippen molar-refractivity contribution in [1.29, 1.82) is 0 Å². The van der Waals surface area contributed by atoms with Gasteiger partial charge in [-0.25, -0.2) is 0 Å². The molecule has 0 aliphatic heterocycles. The van der Waals surface area contributed by atoms with E-state index in [9.17, 15) is 0 Å². The highest BCUT2D eigenvalue weighted by Gasteiger charge is 1.93. The van der Waals surface area contributed by atoms with Crippen LogP contribution in [0.25, 0.3) is 0 Å². The van der Waals surface area contributed by atoms with Crippen molar-refractivity contribution in [2.75, 3.05) is 13.2 Å². The number of hydrogen-bond donors (Lipinski definition) is 2. The van der Waals surface area contributed by atoms with Crippen LogP contribution in [-0.4, -0.2) is 23.4 Å². The lowest BCUT2D eigenvalue weighted by molar-refractivity contribution is 0.282. The molecule has 0 bridgehead atoms. The van der Waals surface area contributed by atoms with E-state index in [1.165, 1.54) is 82.6 Å². The van der Waals surface area contributed by atoms with Crippen molar-refractivity contribution in [3.05, 3.63) is 35.9 Å². The maximum Gasteiger partial charge on any atom is 0.0431 e. The molecule has 0 saturated heterocycles. The Kier molecular flexibility index (Phi) is 22.4. The largest absolute Gasteiger partial charge is 0.396 e. The fraction of sp³-hybridized carbons (Fsp3) is 0.760. The molecule has 27 heavy (non-hydrogen) atoms. The molecule has 0 fully saturated rings. The first-order valence-corrected chi connectivity index (χ1v) is 11.6. The molecule has 0 heterocycles. The van der Waals surface area contributed by atoms with Gasteiger partial charge in [-0.05, 0) is 31.2 Å². The first kappa shape index (κ1) is 26.1. The highest BCUT2D eigenvalue weighted by molar-refractivity contribution is 5.14. The van der Waals surface area contributed by atoms with Gasteiger partial charge in [-0.15, -0.1) is 0 Å². The molecular formula is C25H46O2. The van der Waals surface area contributed by atoms with Crippen LogP contribution < -0.4 is 0 Å². The molecule has 1 aromatic rings. The fourth-order valence-corrected chi connectivity index (χ4v) is 3.22. The summed E-state index contributed by atoms with van der Waals surface area (Å²) in [5, 5.41) is 17.2. The molecule has 0 aliphatic rings. The summed E-state index contributed by atoms with van der Waals surface area (Å²) in [4.78, 5) is 0. The SMILES string of the molecule is CCCCCCCCCCCCCCO.OCCCCCc1ccccc1. The van der Waals surface area contributed by atoms with Crippen LogP contribution >= 0.6 is 0 Å². The van der Waals surface area contributed by atoms with Crippen molar-refractivity contribution in [3.8, 4) is 0 Å². The van der Waals surface area contributed by atoms with Crippen LogP contribution in [0.5, 0.6) is 0 Å². The Bertz CT molecular complexity index is 352. The van der Waals surface area contributed by atoms with Gasteiger partial charge in [0.2, 0.25) is 0 Å². The summed E-state index contributed by atoms with van der Waals surface area (Å²) in [5.41, 5.74) is 1.40. The summed E-state index contributed by atoms with van der Waals surface area (Å²) in [6.07, 6.45) is 20.6. The van der Waals surface area contributed by atoms with E-state index in [1.54, 1.807) is 0 Å². The van der Waals surface area contributed by atoms with E-state index in [2.05, 4.69) is 31.2 Å². The highest BCUT2D eigenvalue weighted by Crippen LogP contribution is 2.11. The third kappa shape index (κ3) is 21.3. The number of aliphatic hydroxyl groups excluding tert-OH is 2. The third-order valence-corrected chi connectivity index (χ3v) is 4.98. The zero-order valence-corrected chi connectivity index (χ0v) is 18.0. The van der Waals surface area contributed by atoms with Crippen LogP contribution in [0.4, 0.5) is 0 Å². The molecule has 158 valence electrons. The second-order valence-electron chi connectivity index (χ2n) is 7.63. The van der Waals surface area contributed by atoms with Crippen molar-refractivity contribution in [1.82, 2.24) is 0 Å². The summed E-state index contributed by atoms with van der Waals surface area (Å²) >= 11 is 0. The molecule has 0 atom stereocenters. The Morgan fingerprint density at radius 2 is 0.926 bits per heavy atom. The number of aryl methyl sites for hydroxylation is 1. The molecule has 0 aliphatic carbocycles. The van der Waals surface area contributed by atoms with Crippen LogP contribution in [0, 0.1) is 0 Å².